The molecule has 15 heavy (non-hydrogen) atoms. The van der Waals surface area contributed by atoms with Crippen LogP contribution in [0, 0.1) is 30.4 Å². The van der Waals surface area contributed by atoms with E-state index in [0.29, 0.717) is 12.8 Å². The molecule has 1 rings (SSSR count). The largest absolute Gasteiger partial charge is 0.396 e. The molecular formula is C12H12F2O. The normalized spacial score (nSPS) is 9.60. The van der Waals surface area contributed by atoms with E-state index >= 15 is 0 Å². The van der Waals surface area contributed by atoms with Gasteiger partial charge in [-0.25, -0.2) is 8.78 Å². The molecule has 0 saturated heterocycles. The maximum Gasteiger partial charge on any atom is 0.174 e. The second kappa shape index (κ2) is 5.47. The fraction of sp³-hybridized carbons (Fsp3) is 0.333. The van der Waals surface area contributed by atoms with Crippen LogP contribution >= 0.6 is 0 Å². The van der Waals surface area contributed by atoms with Gasteiger partial charge in [-0.2, -0.15) is 0 Å². The lowest BCUT2D eigenvalue weighted by Gasteiger charge is -1.99. The molecule has 0 aliphatic heterocycles. The first-order chi connectivity index (χ1) is 7.16. The van der Waals surface area contributed by atoms with Crippen LogP contribution in [0.2, 0.25) is 0 Å². The number of unbranched alkanes of at least 4 members (excludes halogenated alkanes) is 1. The third-order valence-electron chi connectivity index (χ3n) is 1.96. The van der Waals surface area contributed by atoms with Crippen molar-refractivity contribution in [2.75, 3.05) is 6.61 Å². The van der Waals surface area contributed by atoms with Crippen molar-refractivity contribution in [3.63, 3.8) is 0 Å². The first-order valence-corrected chi connectivity index (χ1v) is 4.71. The number of rotatable bonds is 2. The summed E-state index contributed by atoms with van der Waals surface area (Å²) in [5.74, 6) is 3.47. The minimum atomic E-state index is -0.897. The van der Waals surface area contributed by atoms with Crippen LogP contribution in [0.5, 0.6) is 0 Å². The minimum Gasteiger partial charge on any atom is -0.396 e. The summed E-state index contributed by atoms with van der Waals surface area (Å²) in [5, 5.41) is 8.50. The van der Waals surface area contributed by atoms with Gasteiger partial charge < -0.3 is 5.11 Å². The lowest BCUT2D eigenvalue weighted by Crippen LogP contribution is -1.92. The van der Waals surface area contributed by atoms with Crippen LogP contribution in [0.4, 0.5) is 8.78 Å². The summed E-state index contributed by atoms with van der Waals surface area (Å²) < 4.78 is 26.3. The molecule has 3 heteroatoms. The second-order valence-electron chi connectivity index (χ2n) is 3.19. The van der Waals surface area contributed by atoms with E-state index in [1.165, 1.54) is 19.1 Å². The van der Waals surface area contributed by atoms with Crippen molar-refractivity contribution >= 4 is 0 Å². The van der Waals surface area contributed by atoms with Gasteiger partial charge in [0.15, 0.2) is 11.6 Å². The zero-order valence-corrected chi connectivity index (χ0v) is 8.48. The molecule has 1 aromatic rings. The maximum atomic E-state index is 13.2. The van der Waals surface area contributed by atoms with E-state index in [2.05, 4.69) is 11.8 Å². The van der Waals surface area contributed by atoms with Gasteiger partial charge in [0.1, 0.15) is 0 Å². The molecule has 0 bridgehead atoms. The molecule has 1 N–H and O–H groups in total. The fourth-order valence-electron chi connectivity index (χ4n) is 1.07. The van der Waals surface area contributed by atoms with Crippen molar-refractivity contribution in [2.24, 2.45) is 0 Å². The number of aliphatic hydroxyl groups is 1. The summed E-state index contributed by atoms with van der Waals surface area (Å²) in [6, 6.07) is 2.95. The van der Waals surface area contributed by atoms with E-state index < -0.39 is 11.6 Å². The highest BCUT2D eigenvalue weighted by Crippen LogP contribution is 2.14. The predicted molar refractivity (Wildman–Crippen MR) is 54.3 cm³/mol. The number of hydrogen-bond acceptors (Lipinski definition) is 1. The molecule has 0 spiro atoms. The third-order valence-corrected chi connectivity index (χ3v) is 1.96. The van der Waals surface area contributed by atoms with Crippen molar-refractivity contribution < 1.29 is 13.9 Å². The minimum absolute atomic E-state index is 0.0550. The van der Waals surface area contributed by atoms with Crippen molar-refractivity contribution in [3.8, 4) is 11.8 Å². The monoisotopic (exact) mass is 210 g/mol. The number of hydrogen-bond donors (Lipinski definition) is 1. The lowest BCUT2D eigenvalue weighted by molar-refractivity contribution is 0.290. The molecule has 0 amide bonds. The molecule has 0 unspecified atom stereocenters. The average Bonchev–Trinajstić information content (AvgIpc) is 2.24. The molecular weight excluding hydrogens is 198 g/mol. The molecule has 1 nitrogen and oxygen atoms in total. The van der Waals surface area contributed by atoms with Gasteiger partial charge in [-0.05, 0) is 25.0 Å². The SMILES string of the molecule is Cc1ccc(C#CCCCO)c(F)c1F. The second-order valence-corrected chi connectivity index (χ2v) is 3.19. The molecule has 0 saturated carbocycles. The fourth-order valence-corrected chi connectivity index (χ4v) is 1.07. The van der Waals surface area contributed by atoms with Crippen LogP contribution < -0.4 is 0 Å². The van der Waals surface area contributed by atoms with Crippen LogP contribution in [0.1, 0.15) is 24.0 Å². The first-order valence-electron chi connectivity index (χ1n) is 4.71. The van der Waals surface area contributed by atoms with E-state index in [1.54, 1.807) is 0 Å². The molecule has 0 aromatic heterocycles. The van der Waals surface area contributed by atoms with Gasteiger partial charge >= 0.3 is 0 Å². The van der Waals surface area contributed by atoms with E-state index in [1.807, 2.05) is 0 Å². The smallest absolute Gasteiger partial charge is 0.174 e. The highest BCUT2D eigenvalue weighted by Gasteiger charge is 2.08. The van der Waals surface area contributed by atoms with Gasteiger partial charge in [0.2, 0.25) is 0 Å². The topological polar surface area (TPSA) is 20.2 Å². The van der Waals surface area contributed by atoms with E-state index in [0.717, 1.165) is 0 Å². The Morgan fingerprint density at radius 1 is 1.27 bits per heavy atom. The summed E-state index contributed by atoms with van der Waals surface area (Å²) in [4.78, 5) is 0. The zero-order chi connectivity index (χ0) is 11.3. The summed E-state index contributed by atoms with van der Waals surface area (Å²) >= 11 is 0. The molecule has 0 fully saturated rings. The van der Waals surface area contributed by atoms with Gasteiger partial charge in [-0.3, -0.25) is 0 Å². The number of benzene rings is 1. The van der Waals surface area contributed by atoms with Crippen LogP contribution in [-0.4, -0.2) is 11.7 Å². The summed E-state index contributed by atoms with van der Waals surface area (Å²) in [5.41, 5.74) is 0.337. The van der Waals surface area contributed by atoms with Gasteiger partial charge in [-0.15, -0.1) is 0 Å². The quantitative estimate of drug-likeness (QED) is 0.587. The highest BCUT2D eigenvalue weighted by molar-refractivity contribution is 5.38. The Morgan fingerprint density at radius 3 is 2.67 bits per heavy atom. The first kappa shape index (κ1) is 11.7. The van der Waals surface area contributed by atoms with Crippen molar-refractivity contribution in [1.82, 2.24) is 0 Å². The molecule has 0 aliphatic carbocycles. The van der Waals surface area contributed by atoms with Gasteiger partial charge in [-0.1, -0.05) is 17.9 Å². The number of aryl methyl sites for hydroxylation is 1. The Bertz CT molecular complexity index is 402. The standard InChI is InChI=1S/C12H12F2O/c1-9-6-7-10(12(14)11(9)13)5-3-2-4-8-15/h6-7,15H,2,4,8H2,1H3. The third kappa shape index (κ3) is 3.03. The van der Waals surface area contributed by atoms with Gasteiger partial charge in [0, 0.05) is 13.0 Å². The van der Waals surface area contributed by atoms with Crippen LogP contribution in [0.3, 0.4) is 0 Å². The molecule has 0 atom stereocenters. The summed E-state index contributed by atoms with van der Waals surface area (Å²) in [7, 11) is 0. The van der Waals surface area contributed by atoms with E-state index in [4.69, 9.17) is 5.11 Å². The Labute approximate surface area is 87.7 Å². The number of halogens is 2. The zero-order valence-electron chi connectivity index (χ0n) is 8.48. The van der Waals surface area contributed by atoms with E-state index in [-0.39, 0.29) is 17.7 Å². The summed E-state index contributed by atoms with van der Waals surface area (Å²) in [6.07, 6.45) is 1.02. The molecule has 0 radical (unpaired) electrons. The maximum absolute atomic E-state index is 13.2. The lowest BCUT2D eigenvalue weighted by atomic mass is 10.1. The Balaban J connectivity index is 2.85. The average molecular weight is 210 g/mol. The van der Waals surface area contributed by atoms with Crippen LogP contribution in [-0.2, 0) is 0 Å². The van der Waals surface area contributed by atoms with Crippen molar-refractivity contribution in [1.29, 1.82) is 0 Å². The van der Waals surface area contributed by atoms with Crippen LogP contribution in [0.15, 0.2) is 12.1 Å². The highest BCUT2D eigenvalue weighted by atomic mass is 19.2. The van der Waals surface area contributed by atoms with E-state index in [9.17, 15) is 8.78 Å². The summed E-state index contributed by atoms with van der Waals surface area (Å²) in [6.45, 7) is 1.56. The predicted octanol–water partition coefficient (Wildman–Crippen LogP) is 2.40. The molecule has 1 aromatic carbocycles. The Morgan fingerprint density at radius 2 is 2.00 bits per heavy atom. The molecule has 0 heterocycles. The number of aliphatic hydroxyl groups excluding tert-OH is 1. The molecule has 80 valence electrons. The van der Waals surface area contributed by atoms with Crippen molar-refractivity contribution in [2.45, 2.75) is 19.8 Å². The Hall–Kier alpha value is -1.40. The van der Waals surface area contributed by atoms with Gasteiger partial charge in [0.05, 0.1) is 5.56 Å². The van der Waals surface area contributed by atoms with Crippen molar-refractivity contribution in [3.05, 3.63) is 34.9 Å². The van der Waals surface area contributed by atoms with Gasteiger partial charge in [0.25, 0.3) is 0 Å². The molecule has 0 aliphatic rings. The Kier molecular flexibility index (Phi) is 4.26. The van der Waals surface area contributed by atoms with Crippen LogP contribution in [0.25, 0.3) is 0 Å².